The zero-order valence-electron chi connectivity index (χ0n) is 14.6. The van der Waals surface area contributed by atoms with Gasteiger partial charge in [-0.05, 0) is 74.5 Å². The van der Waals surface area contributed by atoms with Gasteiger partial charge in [0.1, 0.15) is 0 Å². The SMILES string of the molecule is Nn1c(SCC(=O)NCC23CC4CC(CC(C4)C2)C3)nnc1C1CC1. The van der Waals surface area contributed by atoms with Gasteiger partial charge >= 0.3 is 0 Å². The first-order valence-corrected chi connectivity index (χ1v) is 10.7. The number of nitrogens with one attached hydrogen (secondary N) is 1. The van der Waals surface area contributed by atoms with Crippen molar-refractivity contribution in [3.8, 4) is 0 Å². The van der Waals surface area contributed by atoms with Crippen molar-refractivity contribution in [1.82, 2.24) is 20.2 Å². The fourth-order valence-electron chi connectivity index (χ4n) is 5.98. The summed E-state index contributed by atoms with van der Waals surface area (Å²) in [4.78, 5) is 12.3. The molecule has 0 spiro atoms. The van der Waals surface area contributed by atoms with Crippen LogP contribution in [0.1, 0.15) is 63.1 Å². The molecule has 0 atom stereocenters. The lowest BCUT2D eigenvalue weighted by atomic mass is 9.49. The van der Waals surface area contributed by atoms with Crippen LogP contribution in [-0.4, -0.2) is 33.1 Å². The second kappa shape index (κ2) is 5.89. The van der Waals surface area contributed by atoms with Crippen molar-refractivity contribution in [2.75, 3.05) is 18.1 Å². The summed E-state index contributed by atoms with van der Waals surface area (Å²) in [7, 11) is 0. The van der Waals surface area contributed by atoms with E-state index in [-0.39, 0.29) is 5.91 Å². The van der Waals surface area contributed by atoms with E-state index in [1.54, 1.807) is 4.68 Å². The predicted molar refractivity (Wildman–Crippen MR) is 96.5 cm³/mol. The average molecular weight is 362 g/mol. The van der Waals surface area contributed by atoms with Crippen molar-refractivity contribution in [1.29, 1.82) is 0 Å². The Morgan fingerprint density at radius 2 is 1.80 bits per heavy atom. The minimum absolute atomic E-state index is 0.0942. The van der Waals surface area contributed by atoms with Crippen molar-refractivity contribution in [3.63, 3.8) is 0 Å². The Morgan fingerprint density at radius 3 is 2.40 bits per heavy atom. The summed E-state index contributed by atoms with van der Waals surface area (Å²) in [5.41, 5.74) is 0.391. The van der Waals surface area contributed by atoms with E-state index >= 15 is 0 Å². The Morgan fingerprint density at radius 1 is 1.16 bits per heavy atom. The number of aromatic nitrogens is 3. The number of carbonyl (C=O) groups is 1. The van der Waals surface area contributed by atoms with Gasteiger partial charge in [0.2, 0.25) is 11.1 Å². The van der Waals surface area contributed by atoms with Gasteiger partial charge < -0.3 is 11.2 Å². The lowest BCUT2D eigenvalue weighted by molar-refractivity contribution is -0.120. The molecule has 5 aliphatic rings. The van der Waals surface area contributed by atoms with Crippen LogP contribution in [0, 0.1) is 23.2 Å². The van der Waals surface area contributed by atoms with E-state index in [0.717, 1.165) is 43.0 Å². The molecule has 7 heteroatoms. The van der Waals surface area contributed by atoms with Crippen LogP contribution in [0.3, 0.4) is 0 Å². The molecule has 4 bridgehead atoms. The van der Waals surface area contributed by atoms with Crippen LogP contribution in [0.15, 0.2) is 5.16 Å². The summed E-state index contributed by atoms with van der Waals surface area (Å²) >= 11 is 1.39. The van der Waals surface area contributed by atoms with E-state index in [0.29, 0.717) is 22.2 Å². The third kappa shape index (κ3) is 3.04. The molecular weight excluding hydrogens is 334 g/mol. The Kier molecular flexibility index (Phi) is 3.77. The fourth-order valence-corrected chi connectivity index (χ4v) is 6.67. The molecule has 136 valence electrons. The molecule has 6 nitrogen and oxygen atoms in total. The van der Waals surface area contributed by atoms with Gasteiger partial charge in [-0.25, -0.2) is 4.68 Å². The van der Waals surface area contributed by atoms with E-state index in [4.69, 9.17) is 5.84 Å². The first-order valence-electron chi connectivity index (χ1n) is 9.70. The predicted octanol–water partition coefficient (Wildman–Crippen LogP) is 2.29. The summed E-state index contributed by atoms with van der Waals surface area (Å²) in [5.74, 6) is 10.6. The quantitative estimate of drug-likeness (QED) is 0.600. The fraction of sp³-hybridized carbons (Fsp3) is 0.833. The van der Waals surface area contributed by atoms with Crippen molar-refractivity contribution in [3.05, 3.63) is 5.82 Å². The number of nitrogen functional groups attached to an aromatic ring is 1. The molecule has 5 fully saturated rings. The number of thioether (sulfide) groups is 1. The number of amides is 1. The zero-order chi connectivity index (χ0) is 17.0. The molecule has 1 heterocycles. The lowest BCUT2D eigenvalue weighted by Crippen LogP contribution is -2.51. The Balaban J connectivity index is 1.14. The highest BCUT2D eigenvalue weighted by molar-refractivity contribution is 7.99. The number of nitrogens with two attached hydrogens (primary N) is 1. The molecular formula is C18H27N5OS. The molecule has 6 rings (SSSR count). The minimum atomic E-state index is 0.0942. The van der Waals surface area contributed by atoms with Crippen LogP contribution in [0.4, 0.5) is 0 Å². The number of hydrogen-bond donors (Lipinski definition) is 2. The highest BCUT2D eigenvalue weighted by Gasteiger charge is 2.50. The summed E-state index contributed by atoms with van der Waals surface area (Å²) < 4.78 is 1.56. The summed E-state index contributed by atoms with van der Waals surface area (Å²) in [6.45, 7) is 0.860. The highest BCUT2D eigenvalue weighted by atomic mass is 32.2. The molecule has 0 aliphatic heterocycles. The molecule has 3 N–H and O–H groups in total. The topological polar surface area (TPSA) is 85.8 Å². The molecule has 0 radical (unpaired) electrons. The van der Waals surface area contributed by atoms with Crippen molar-refractivity contribution in [2.45, 2.75) is 62.4 Å². The van der Waals surface area contributed by atoms with Gasteiger partial charge in [-0.3, -0.25) is 4.79 Å². The van der Waals surface area contributed by atoms with Gasteiger partial charge in [0.15, 0.2) is 5.82 Å². The highest BCUT2D eigenvalue weighted by Crippen LogP contribution is 2.59. The lowest BCUT2D eigenvalue weighted by Gasteiger charge is -2.56. The standard InChI is InChI=1S/C18H27N5OS/c19-23-16(14-1-2-14)21-22-17(23)25-9-15(24)20-10-18-6-11-3-12(7-18)5-13(4-11)8-18/h11-14H,1-10,19H2,(H,20,24). The molecule has 1 aromatic heterocycles. The number of hydrogen-bond acceptors (Lipinski definition) is 5. The van der Waals surface area contributed by atoms with E-state index in [9.17, 15) is 4.79 Å². The van der Waals surface area contributed by atoms with Gasteiger partial charge in [-0.15, -0.1) is 10.2 Å². The normalized spacial score (nSPS) is 35.9. The van der Waals surface area contributed by atoms with Crippen LogP contribution in [0.5, 0.6) is 0 Å². The Hall–Kier alpha value is -1.24. The second-order valence-electron chi connectivity index (χ2n) is 8.97. The molecule has 25 heavy (non-hydrogen) atoms. The third-order valence-corrected chi connectivity index (χ3v) is 7.73. The van der Waals surface area contributed by atoms with Crippen LogP contribution in [0.2, 0.25) is 0 Å². The van der Waals surface area contributed by atoms with Crippen molar-refractivity contribution < 1.29 is 4.79 Å². The molecule has 5 aliphatic carbocycles. The van der Waals surface area contributed by atoms with Gasteiger partial charge in [-0.2, -0.15) is 0 Å². The van der Waals surface area contributed by atoms with Gasteiger partial charge in [-0.1, -0.05) is 11.8 Å². The van der Waals surface area contributed by atoms with Crippen LogP contribution < -0.4 is 11.2 Å². The van der Waals surface area contributed by atoms with E-state index in [1.165, 1.54) is 50.3 Å². The summed E-state index contributed by atoms with van der Waals surface area (Å²) in [6, 6.07) is 0. The molecule has 0 saturated heterocycles. The maximum absolute atomic E-state index is 12.3. The number of nitrogens with zero attached hydrogens (tertiary/aromatic N) is 3. The Bertz CT molecular complexity index is 648. The largest absolute Gasteiger partial charge is 0.355 e. The van der Waals surface area contributed by atoms with Crippen LogP contribution in [-0.2, 0) is 4.79 Å². The molecule has 0 aromatic carbocycles. The zero-order valence-corrected chi connectivity index (χ0v) is 15.4. The van der Waals surface area contributed by atoms with Gasteiger partial charge in [0.25, 0.3) is 0 Å². The molecule has 0 unspecified atom stereocenters. The first kappa shape index (κ1) is 16.0. The minimum Gasteiger partial charge on any atom is -0.355 e. The number of rotatable bonds is 6. The molecule has 5 saturated carbocycles. The van der Waals surface area contributed by atoms with Crippen LogP contribution in [0.25, 0.3) is 0 Å². The third-order valence-electron chi connectivity index (χ3n) is 6.79. The number of carbonyl (C=O) groups excluding carboxylic acids is 1. The summed E-state index contributed by atoms with van der Waals surface area (Å²) in [6.07, 6.45) is 10.6. The van der Waals surface area contributed by atoms with Gasteiger partial charge in [0.05, 0.1) is 5.75 Å². The van der Waals surface area contributed by atoms with Crippen molar-refractivity contribution in [2.24, 2.45) is 23.2 Å². The summed E-state index contributed by atoms with van der Waals surface area (Å²) in [5, 5.41) is 12.2. The van der Waals surface area contributed by atoms with E-state index < -0.39 is 0 Å². The van der Waals surface area contributed by atoms with E-state index in [1.807, 2.05) is 0 Å². The maximum atomic E-state index is 12.3. The monoisotopic (exact) mass is 361 g/mol. The van der Waals surface area contributed by atoms with Crippen molar-refractivity contribution >= 4 is 17.7 Å². The second-order valence-corrected chi connectivity index (χ2v) is 9.91. The average Bonchev–Trinajstić information content (AvgIpc) is 3.34. The molecule has 1 amide bonds. The molecule has 1 aromatic rings. The van der Waals surface area contributed by atoms with Gasteiger partial charge in [0, 0.05) is 12.5 Å². The first-order chi connectivity index (χ1) is 12.1. The van der Waals surface area contributed by atoms with E-state index in [2.05, 4.69) is 15.5 Å². The Labute approximate surface area is 152 Å². The smallest absolute Gasteiger partial charge is 0.230 e. The maximum Gasteiger partial charge on any atom is 0.230 e. The van der Waals surface area contributed by atoms with Crippen LogP contribution >= 0.6 is 11.8 Å².